The normalized spacial score (nSPS) is 18.8. The lowest BCUT2D eigenvalue weighted by Gasteiger charge is -2.26. The molecule has 7 heteroatoms. The molecule has 33 heavy (non-hydrogen) atoms. The number of hydrogen-bond donors (Lipinski definition) is 2. The van der Waals surface area contributed by atoms with Crippen molar-refractivity contribution in [3.63, 3.8) is 0 Å². The van der Waals surface area contributed by atoms with E-state index in [1.54, 1.807) is 26.4 Å². The lowest BCUT2D eigenvalue weighted by atomic mass is 10.0. The third-order valence-corrected chi connectivity index (χ3v) is 6.64. The Hall–Kier alpha value is -3.06. The van der Waals surface area contributed by atoms with Gasteiger partial charge in [0.05, 0.1) is 32.0 Å². The van der Waals surface area contributed by atoms with E-state index >= 15 is 0 Å². The van der Waals surface area contributed by atoms with Gasteiger partial charge in [-0.1, -0.05) is 25.0 Å². The van der Waals surface area contributed by atoms with Crippen molar-refractivity contribution in [2.24, 2.45) is 0 Å². The van der Waals surface area contributed by atoms with Crippen LogP contribution < -0.4 is 20.1 Å². The number of anilines is 1. The van der Waals surface area contributed by atoms with Gasteiger partial charge in [-0.3, -0.25) is 14.5 Å². The van der Waals surface area contributed by atoms with Crippen LogP contribution in [-0.2, 0) is 4.79 Å². The highest BCUT2D eigenvalue weighted by atomic mass is 16.5. The third-order valence-electron chi connectivity index (χ3n) is 6.64. The van der Waals surface area contributed by atoms with E-state index in [1.807, 2.05) is 30.3 Å². The summed E-state index contributed by atoms with van der Waals surface area (Å²) in [6.45, 7) is 1.06. The molecule has 0 spiro atoms. The maximum Gasteiger partial charge on any atom is 0.253 e. The Morgan fingerprint density at radius 1 is 1.00 bits per heavy atom. The number of carbonyl (C=O) groups excluding carboxylic acids is 2. The van der Waals surface area contributed by atoms with Crippen LogP contribution in [0.25, 0.3) is 0 Å². The molecule has 7 nitrogen and oxygen atoms in total. The maximum atomic E-state index is 13.0. The summed E-state index contributed by atoms with van der Waals surface area (Å²) in [5, 5.41) is 6.08. The molecule has 176 valence electrons. The quantitative estimate of drug-likeness (QED) is 0.630. The number of ether oxygens (including phenoxy) is 2. The standard InChI is InChI=1S/C26H33N3O4/c1-32-19-13-14-24(33-2)21(16-19)23-12-7-15-29(23)17-25(30)28-22-11-6-5-10-20(22)26(31)27-18-8-3-4-9-18/h5-6,10-11,13-14,16,18,23H,3-4,7-9,12,15,17H2,1-2H3,(H,27,31)(H,28,30)/t23-/m1/s1. The number of carbonyl (C=O) groups is 2. The Balaban J connectivity index is 1.44. The Bertz CT molecular complexity index is 987. The van der Waals surface area contributed by atoms with Gasteiger partial charge in [0.1, 0.15) is 11.5 Å². The Morgan fingerprint density at radius 3 is 2.55 bits per heavy atom. The van der Waals surface area contributed by atoms with E-state index in [9.17, 15) is 9.59 Å². The summed E-state index contributed by atoms with van der Waals surface area (Å²) < 4.78 is 11.0. The Labute approximate surface area is 195 Å². The molecule has 0 unspecified atom stereocenters. The first kappa shape index (κ1) is 23.1. The van der Waals surface area contributed by atoms with Gasteiger partial charge in [-0.05, 0) is 62.6 Å². The van der Waals surface area contributed by atoms with E-state index in [-0.39, 0.29) is 30.4 Å². The van der Waals surface area contributed by atoms with E-state index in [2.05, 4.69) is 15.5 Å². The Kier molecular flexibility index (Phi) is 7.50. The van der Waals surface area contributed by atoms with Crippen molar-refractivity contribution in [3.8, 4) is 11.5 Å². The third kappa shape index (κ3) is 5.47. The lowest BCUT2D eigenvalue weighted by Crippen LogP contribution is -2.35. The van der Waals surface area contributed by atoms with Crippen molar-refractivity contribution in [2.75, 3.05) is 32.6 Å². The molecule has 2 aromatic carbocycles. The summed E-state index contributed by atoms with van der Waals surface area (Å²) in [6, 6.07) is 13.3. The summed E-state index contributed by atoms with van der Waals surface area (Å²) in [6.07, 6.45) is 6.28. The van der Waals surface area contributed by atoms with E-state index in [4.69, 9.17) is 9.47 Å². The zero-order chi connectivity index (χ0) is 23.2. The molecule has 2 aliphatic rings. The fourth-order valence-electron chi connectivity index (χ4n) is 4.97. The lowest BCUT2D eigenvalue weighted by molar-refractivity contribution is -0.117. The SMILES string of the molecule is COc1ccc(OC)c([C@H]2CCCN2CC(=O)Nc2ccccc2C(=O)NC2CCCC2)c1. The second kappa shape index (κ2) is 10.7. The molecule has 1 aliphatic heterocycles. The van der Waals surface area contributed by atoms with Crippen molar-refractivity contribution in [1.82, 2.24) is 10.2 Å². The first-order valence-corrected chi connectivity index (χ1v) is 11.7. The molecule has 1 aliphatic carbocycles. The average molecular weight is 452 g/mol. The minimum atomic E-state index is -0.134. The van der Waals surface area contributed by atoms with Crippen molar-refractivity contribution in [1.29, 1.82) is 0 Å². The van der Waals surface area contributed by atoms with Crippen LogP contribution in [-0.4, -0.2) is 50.1 Å². The second-order valence-corrected chi connectivity index (χ2v) is 8.78. The van der Waals surface area contributed by atoms with Gasteiger partial charge < -0.3 is 20.1 Å². The maximum absolute atomic E-state index is 13.0. The van der Waals surface area contributed by atoms with E-state index < -0.39 is 0 Å². The molecule has 0 radical (unpaired) electrons. The van der Waals surface area contributed by atoms with Crippen LogP contribution in [0.5, 0.6) is 11.5 Å². The van der Waals surface area contributed by atoms with Gasteiger partial charge in [0.15, 0.2) is 0 Å². The molecule has 2 aromatic rings. The molecular weight excluding hydrogens is 418 g/mol. The van der Waals surface area contributed by atoms with Crippen LogP contribution >= 0.6 is 0 Å². The number of benzene rings is 2. The monoisotopic (exact) mass is 451 g/mol. The number of hydrogen-bond acceptors (Lipinski definition) is 5. The van der Waals surface area contributed by atoms with E-state index in [0.717, 1.165) is 62.1 Å². The largest absolute Gasteiger partial charge is 0.497 e. The van der Waals surface area contributed by atoms with Gasteiger partial charge >= 0.3 is 0 Å². The van der Waals surface area contributed by atoms with Crippen LogP contribution in [0.4, 0.5) is 5.69 Å². The number of likely N-dealkylation sites (tertiary alicyclic amines) is 1. The molecule has 2 fully saturated rings. The molecule has 4 rings (SSSR count). The first-order chi connectivity index (χ1) is 16.1. The fraction of sp³-hybridized carbons (Fsp3) is 0.462. The highest BCUT2D eigenvalue weighted by Crippen LogP contribution is 2.38. The van der Waals surface area contributed by atoms with Gasteiger partial charge in [-0.15, -0.1) is 0 Å². The van der Waals surface area contributed by atoms with Gasteiger partial charge in [0.25, 0.3) is 5.91 Å². The van der Waals surface area contributed by atoms with Crippen LogP contribution in [0, 0.1) is 0 Å². The fourth-order valence-corrected chi connectivity index (χ4v) is 4.97. The van der Waals surface area contributed by atoms with Crippen LogP contribution in [0.15, 0.2) is 42.5 Å². The average Bonchev–Trinajstić information content (AvgIpc) is 3.51. The summed E-state index contributed by atoms with van der Waals surface area (Å²) >= 11 is 0. The predicted molar refractivity (Wildman–Crippen MR) is 128 cm³/mol. The minimum Gasteiger partial charge on any atom is -0.497 e. The molecule has 0 bridgehead atoms. The summed E-state index contributed by atoms with van der Waals surface area (Å²) in [7, 11) is 3.30. The molecule has 1 atom stereocenters. The molecule has 1 heterocycles. The van der Waals surface area contributed by atoms with Crippen molar-refractivity contribution >= 4 is 17.5 Å². The molecule has 0 aromatic heterocycles. The minimum absolute atomic E-state index is 0.0710. The van der Waals surface area contributed by atoms with Crippen molar-refractivity contribution in [2.45, 2.75) is 50.6 Å². The van der Waals surface area contributed by atoms with Crippen LogP contribution in [0.1, 0.15) is 60.5 Å². The number of nitrogens with one attached hydrogen (secondary N) is 2. The van der Waals surface area contributed by atoms with Gasteiger partial charge in [-0.2, -0.15) is 0 Å². The molecule has 1 saturated heterocycles. The van der Waals surface area contributed by atoms with E-state index in [1.165, 1.54) is 0 Å². The molecule has 2 N–H and O–H groups in total. The first-order valence-electron chi connectivity index (χ1n) is 11.7. The number of nitrogens with zero attached hydrogens (tertiary/aromatic N) is 1. The van der Waals surface area contributed by atoms with Crippen molar-refractivity contribution in [3.05, 3.63) is 53.6 Å². The van der Waals surface area contributed by atoms with Gasteiger partial charge in [-0.25, -0.2) is 0 Å². The highest BCUT2D eigenvalue weighted by Gasteiger charge is 2.30. The number of amides is 2. The molecule has 1 saturated carbocycles. The van der Waals surface area contributed by atoms with Crippen LogP contribution in [0.3, 0.4) is 0 Å². The summed E-state index contributed by atoms with van der Waals surface area (Å²) in [5.74, 6) is 1.30. The van der Waals surface area contributed by atoms with Crippen molar-refractivity contribution < 1.29 is 19.1 Å². The molecular formula is C26H33N3O4. The predicted octanol–water partition coefficient (Wildman–Crippen LogP) is 4.15. The van der Waals surface area contributed by atoms with E-state index in [0.29, 0.717) is 11.3 Å². The number of methoxy groups -OCH3 is 2. The van der Waals surface area contributed by atoms with Gasteiger partial charge in [0, 0.05) is 17.6 Å². The smallest absolute Gasteiger partial charge is 0.253 e. The zero-order valence-electron chi connectivity index (χ0n) is 19.4. The van der Waals surface area contributed by atoms with Gasteiger partial charge in [0.2, 0.25) is 5.91 Å². The van der Waals surface area contributed by atoms with Crippen LogP contribution in [0.2, 0.25) is 0 Å². The second-order valence-electron chi connectivity index (χ2n) is 8.78. The number of rotatable bonds is 8. The zero-order valence-corrected chi connectivity index (χ0v) is 19.4. The Morgan fingerprint density at radius 2 is 1.79 bits per heavy atom. The summed E-state index contributed by atoms with van der Waals surface area (Å²) in [4.78, 5) is 28.0. The summed E-state index contributed by atoms with van der Waals surface area (Å²) in [5.41, 5.74) is 2.08. The molecule has 2 amide bonds. The topological polar surface area (TPSA) is 79.9 Å². The number of para-hydroxylation sites is 1. The highest BCUT2D eigenvalue weighted by molar-refractivity contribution is 6.04.